The molecule has 1 aliphatic carbocycles. The van der Waals surface area contributed by atoms with Crippen molar-refractivity contribution in [1.29, 1.82) is 0 Å². The molecule has 25 heavy (non-hydrogen) atoms. The summed E-state index contributed by atoms with van der Waals surface area (Å²) in [5.74, 6) is 0.873. The predicted molar refractivity (Wildman–Crippen MR) is 102 cm³/mol. The lowest BCUT2D eigenvalue weighted by atomic mass is 9.92. The highest BCUT2D eigenvalue weighted by Gasteiger charge is 2.21. The summed E-state index contributed by atoms with van der Waals surface area (Å²) in [6, 6.07) is 8.35. The van der Waals surface area contributed by atoms with Crippen LogP contribution in [0.3, 0.4) is 0 Å². The number of rotatable bonds is 4. The third kappa shape index (κ3) is 3.95. The van der Waals surface area contributed by atoms with E-state index in [1.54, 1.807) is 0 Å². The molecule has 0 spiro atoms. The standard InChI is InChI=1S/C21H25N3O/c1-13(2)11-18-21(24-19(25)12-14(3)4)23-17-10-9-15-7-5-6-8-16(15)20(17)22-18/h5-8,11,14H,9-10,12H2,1-4H3,(H,23,24,25). The third-order valence-corrected chi connectivity index (χ3v) is 4.18. The van der Waals surface area contributed by atoms with Gasteiger partial charge in [0.2, 0.25) is 5.91 Å². The molecule has 0 fully saturated rings. The van der Waals surface area contributed by atoms with E-state index in [1.807, 2.05) is 39.8 Å². The van der Waals surface area contributed by atoms with Gasteiger partial charge in [-0.1, -0.05) is 43.7 Å². The normalized spacial score (nSPS) is 12.4. The average molecular weight is 335 g/mol. The number of aryl methyl sites for hydroxylation is 2. The monoisotopic (exact) mass is 335 g/mol. The van der Waals surface area contributed by atoms with Crippen molar-refractivity contribution < 1.29 is 4.79 Å². The minimum Gasteiger partial charge on any atom is -0.309 e. The van der Waals surface area contributed by atoms with Crippen LogP contribution in [0.2, 0.25) is 0 Å². The van der Waals surface area contributed by atoms with E-state index in [0.717, 1.165) is 41.1 Å². The average Bonchev–Trinajstić information content (AvgIpc) is 2.54. The van der Waals surface area contributed by atoms with Crippen molar-refractivity contribution in [1.82, 2.24) is 9.97 Å². The molecular formula is C21H25N3O. The van der Waals surface area contributed by atoms with Crippen molar-refractivity contribution in [3.05, 3.63) is 46.8 Å². The number of fused-ring (bicyclic) bond motifs is 3. The first-order valence-corrected chi connectivity index (χ1v) is 8.88. The molecule has 0 saturated carbocycles. The Morgan fingerprint density at radius 3 is 2.68 bits per heavy atom. The maximum Gasteiger partial charge on any atom is 0.225 e. The second kappa shape index (κ2) is 7.18. The second-order valence-corrected chi connectivity index (χ2v) is 7.28. The number of carbonyl (C=O) groups excluding carboxylic acids is 1. The summed E-state index contributed by atoms with van der Waals surface area (Å²) < 4.78 is 0. The summed E-state index contributed by atoms with van der Waals surface area (Å²) in [4.78, 5) is 21.9. The van der Waals surface area contributed by atoms with E-state index in [1.165, 1.54) is 5.56 Å². The Kier molecular flexibility index (Phi) is 4.98. The van der Waals surface area contributed by atoms with Gasteiger partial charge in [0, 0.05) is 12.0 Å². The molecule has 1 aliphatic rings. The molecule has 0 radical (unpaired) electrons. The number of nitrogens with zero attached hydrogens (tertiary/aromatic N) is 2. The summed E-state index contributed by atoms with van der Waals surface area (Å²) in [5.41, 5.74) is 6.22. The molecule has 130 valence electrons. The largest absolute Gasteiger partial charge is 0.309 e. The minimum atomic E-state index is -0.0103. The lowest BCUT2D eigenvalue weighted by molar-refractivity contribution is -0.116. The van der Waals surface area contributed by atoms with Gasteiger partial charge in [0.1, 0.15) is 5.69 Å². The summed E-state index contributed by atoms with van der Waals surface area (Å²) in [6.45, 7) is 8.11. The molecule has 1 heterocycles. The van der Waals surface area contributed by atoms with Crippen LogP contribution in [-0.4, -0.2) is 15.9 Å². The van der Waals surface area contributed by atoms with Crippen LogP contribution in [0.25, 0.3) is 17.3 Å². The summed E-state index contributed by atoms with van der Waals surface area (Å²) in [5, 5.41) is 2.96. The van der Waals surface area contributed by atoms with Gasteiger partial charge < -0.3 is 5.32 Å². The molecule has 1 N–H and O–H groups in total. The van der Waals surface area contributed by atoms with Crippen LogP contribution in [-0.2, 0) is 17.6 Å². The summed E-state index contributed by atoms with van der Waals surface area (Å²) in [7, 11) is 0. The number of hydrogen-bond donors (Lipinski definition) is 1. The van der Waals surface area contributed by atoms with Gasteiger partial charge in [0.15, 0.2) is 5.82 Å². The highest BCUT2D eigenvalue weighted by Crippen LogP contribution is 2.33. The molecule has 1 aromatic carbocycles. The zero-order valence-corrected chi connectivity index (χ0v) is 15.4. The molecule has 3 rings (SSSR count). The molecule has 0 unspecified atom stereocenters. The Hall–Kier alpha value is -2.49. The van der Waals surface area contributed by atoms with Crippen molar-refractivity contribution in [3.8, 4) is 11.3 Å². The first-order chi connectivity index (χ1) is 11.9. The van der Waals surface area contributed by atoms with Crippen LogP contribution in [0.15, 0.2) is 29.8 Å². The maximum absolute atomic E-state index is 12.2. The zero-order valence-electron chi connectivity index (χ0n) is 15.4. The zero-order chi connectivity index (χ0) is 18.0. The van der Waals surface area contributed by atoms with Crippen LogP contribution in [0.4, 0.5) is 5.82 Å². The number of allylic oxidation sites excluding steroid dienone is 1. The van der Waals surface area contributed by atoms with E-state index >= 15 is 0 Å². The summed E-state index contributed by atoms with van der Waals surface area (Å²) in [6.07, 6.45) is 4.27. The number of benzene rings is 1. The first kappa shape index (κ1) is 17.3. The SMILES string of the molecule is CC(C)=Cc1nc2c(nc1NC(=O)CC(C)C)CCc1ccccc1-2. The fraction of sp³-hybridized carbons (Fsp3) is 0.381. The van der Waals surface area contributed by atoms with E-state index < -0.39 is 0 Å². The molecule has 4 heteroatoms. The van der Waals surface area contributed by atoms with Gasteiger partial charge in [0.05, 0.1) is 11.4 Å². The van der Waals surface area contributed by atoms with Crippen molar-refractivity contribution in [2.75, 3.05) is 5.32 Å². The van der Waals surface area contributed by atoms with E-state index in [-0.39, 0.29) is 5.91 Å². The number of amides is 1. The van der Waals surface area contributed by atoms with Crippen molar-refractivity contribution in [3.63, 3.8) is 0 Å². The van der Waals surface area contributed by atoms with Crippen LogP contribution >= 0.6 is 0 Å². The van der Waals surface area contributed by atoms with E-state index in [2.05, 4.69) is 23.5 Å². The molecule has 0 atom stereocenters. The van der Waals surface area contributed by atoms with Gasteiger partial charge in [-0.3, -0.25) is 4.79 Å². The number of nitrogens with one attached hydrogen (secondary N) is 1. The lowest BCUT2D eigenvalue weighted by Gasteiger charge is -2.20. The Morgan fingerprint density at radius 2 is 1.96 bits per heavy atom. The smallest absolute Gasteiger partial charge is 0.225 e. The fourth-order valence-electron chi connectivity index (χ4n) is 3.12. The van der Waals surface area contributed by atoms with Crippen molar-refractivity contribution in [2.45, 2.75) is 47.0 Å². The second-order valence-electron chi connectivity index (χ2n) is 7.28. The fourth-order valence-corrected chi connectivity index (χ4v) is 3.12. The molecular weight excluding hydrogens is 310 g/mol. The molecule has 1 aromatic heterocycles. The summed E-state index contributed by atoms with van der Waals surface area (Å²) >= 11 is 0. The Balaban J connectivity index is 2.05. The highest BCUT2D eigenvalue weighted by molar-refractivity contribution is 5.92. The number of carbonyl (C=O) groups is 1. The van der Waals surface area contributed by atoms with Crippen LogP contribution < -0.4 is 5.32 Å². The molecule has 0 aliphatic heterocycles. The van der Waals surface area contributed by atoms with Gasteiger partial charge in [0.25, 0.3) is 0 Å². The van der Waals surface area contributed by atoms with Crippen LogP contribution in [0.5, 0.6) is 0 Å². The molecule has 1 amide bonds. The van der Waals surface area contributed by atoms with E-state index in [4.69, 9.17) is 9.97 Å². The number of anilines is 1. The van der Waals surface area contributed by atoms with Gasteiger partial charge >= 0.3 is 0 Å². The molecule has 2 aromatic rings. The number of aromatic nitrogens is 2. The van der Waals surface area contributed by atoms with Crippen LogP contribution in [0, 0.1) is 5.92 Å². The molecule has 0 saturated heterocycles. The van der Waals surface area contributed by atoms with Gasteiger partial charge in [-0.2, -0.15) is 0 Å². The van der Waals surface area contributed by atoms with Gasteiger partial charge in [-0.05, 0) is 44.2 Å². The Labute approximate surface area is 149 Å². The maximum atomic E-state index is 12.2. The minimum absolute atomic E-state index is 0.0103. The highest BCUT2D eigenvalue weighted by atomic mass is 16.1. The predicted octanol–water partition coefficient (Wildman–Crippen LogP) is 4.65. The van der Waals surface area contributed by atoms with E-state index in [9.17, 15) is 4.79 Å². The number of hydrogen-bond acceptors (Lipinski definition) is 3. The van der Waals surface area contributed by atoms with Crippen molar-refractivity contribution >= 4 is 17.8 Å². The lowest BCUT2D eigenvalue weighted by Crippen LogP contribution is -2.18. The van der Waals surface area contributed by atoms with Crippen LogP contribution in [0.1, 0.15) is 51.1 Å². The first-order valence-electron chi connectivity index (χ1n) is 8.88. The third-order valence-electron chi connectivity index (χ3n) is 4.18. The van der Waals surface area contributed by atoms with Crippen molar-refractivity contribution in [2.24, 2.45) is 5.92 Å². The Morgan fingerprint density at radius 1 is 1.20 bits per heavy atom. The van der Waals surface area contributed by atoms with Gasteiger partial charge in [-0.15, -0.1) is 0 Å². The Bertz CT molecular complexity index is 833. The quantitative estimate of drug-likeness (QED) is 0.885. The molecule has 0 bridgehead atoms. The van der Waals surface area contributed by atoms with E-state index in [0.29, 0.717) is 18.2 Å². The molecule has 4 nitrogen and oxygen atoms in total. The van der Waals surface area contributed by atoms with Gasteiger partial charge in [-0.25, -0.2) is 9.97 Å². The topological polar surface area (TPSA) is 54.9 Å².